The number of benzene rings is 1. The van der Waals surface area contributed by atoms with Crippen LogP contribution in [0.5, 0.6) is 0 Å². The molecule has 0 aliphatic carbocycles. The number of halogens is 1. The van der Waals surface area contributed by atoms with Gasteiger partial charge in [-0.2, -0.15) is 0 Å². The van der Waals surface area contributed by atoms with E-state index in [1.54, 1.807) is 4.90 Å². The third kappa shape index (κ3) is 3.44. The molecule has 94 valence electrons. The smallest absolute Gasteiger partial charge is 0.256 e. The number of nitrogens with zero attached hydrogens (tertiary/aromatic N) is 1. The summed E-state index contributed by atoms with van der Waals surface area (Å²) in [6.45, 7) is 5.35. The van der Waals surface area contributed by atoms with Crippen molar-refractivity contribution in [2.75, 3.05) is 18.8 Å². The standard InChI is InChI=1S/C13H19FN2O/c1-3-7-16(8-4-2)13(17)11-9-10(14)5-6-12(11)15/h5-6,9H,3-4,7-8,15H2,1-2H3. The van der Waals surface area contributed by atoms with E-state index in [9.17, 15) is 9.18 Å². The van der Waals surface area contributed by atoms with Crippen LogP contribution in [0, 0.1) is 5.82 Å². The number of nitrogens with two attached hydrogens (primary N) is 1. The van der Waals surface area contributed by atoms with Gasteiger partial charge in [0.25, 0.3) is 5.91 Å². The quantitative estimate of drug-likeness (QED) is 0.802. The molecule has 0 saturated carbocycles. The molecule has 4 heteroatoms. The van der Waals surface area contributed by atoms with E-state index in [0.29, 0.717) is 18.8 Å². The second kappa shape index (κ2) is 6.23. The van der Waals surface area contributed by atoms with Crippen molar-refractivity contribution in [2.45, 2.75) is 26.7 Å². The van der Waals surface area contributed by atoms with E-state index in [0.717, 1.165) is 12.8 Å². The van der Waals surface area contributed by atoms with Gasteiger partial charge in [-0.25, -0.2) is 4.39 Å². The fourth-order valence-electron chi connectivity index (χ4n) is 1.74. The van der Waals surface area contributed by atoms with Gasteiger partial charge in [0.1, 0.15) is 5.82 Å². The molecule has 0 fully saturated rings. The first kappa shape index (κ1) is 13.5. The third-order valence-corrected chi connectivity index (χ3v) is 2.52. The van der Waals surface area contributed by atoms with Crippen LogP contribution in [-0.4, -0.2) is 23.9 Å². The summed E-state index contributed by atoms with van der Waals surface area (Å²) in [5.41, 5.74) is 6.29. The van der Waals surface area contributed by atoms with E-state index >= 15 is 0 Å². The minimum absolute atomic E-state index is 0.189. The van der Waals surface area contributed by atoms with Gasteiger partial charge in [0.05, 0.1) is 5.56 Å². The predicted molar refractivity (Wildman–Crippen MR) is 67.3 cm³/mol. The number of carbonyl (C=O) groups excluding carboxylic acids is 1. The highest BCUT2D eigenvalue weighted by Crippen LogP contribution is 2.16. The van der Waals surface area contributed by atoms with E-state index in [-0.39, 0.29) is 11.5 Å². The van der Waals surface area contributed by atoms with Gasteiger partial charge in [-0.15, -0.1) is 0 Å². The normalized spacial score (nSPS) is 10.3. The van der Waals surface area contributed by atoms with E-state index in [1.807, 2.05) is 13.8 Å². The van der Waals surface area contributed by atoms with Crippen LogP contribution in [0.4, 0.5) is 10.1 Å². The van der Waals surface area contributed by atoms with E-state index in [2.05, 4.69) is 0 Å². The molecule has 0 saturated heterocycles. The van der Waals surface area contributed by atoms with E-state index in [4.69, 9.17) is 5.73 Å². The summed E-state index contributed by atoms with van der Waals surface area (Å²) in [4.78, 5) is 13.9. The van der Waals surface area contributed by atoms with Gasteiger partial charge in [-0.1, -0.05) is 13.8 Å². The van der Waals surface area contributed by atoms with Crippen molar-refractivity contribution in [3.8, 4) is 0 Å². The molecule has 0 aliphatic heterocycles. The average molecular weight is 238 g/mol. The van der Waals surface area contributed by atoms with Gasteiger partial charge < -0.3 is 10.6 Å². The molecule has 0 atom stereocenters. The number of anilines is 1. The molecule has 1 aromatic carbocycles. The predicted octanol–water partition coefficient (Wildman–Crippen LogP) is 2.67. The zero-order valence-electron chi connectivity index (χ0n) is 10.4. The van der Waals surface area contributed by atoms with Gasteiger partial charge in [-0.3, -0.25) is 4.79 Å². The Hall–Kier alpha value is -1.58. The van der Waals surface area contributed by atoms with Gasteiger partial charge in [-0.05, 0) is 31.0 Å². The molecule has 1 aromatic rings. The zero-order chi connectivity index (χ0) is 12.8. The van der Waals surface area contributed by atoms with Gasteiger partial charge >= 0.3 is 0 Å². The molecule has 3 nitrogen and oxygen atoms in total. The Kier molecular flexibility index (Phi) is 4.94. The Morgan fingerprint density at radius 2 is 1.88 bits per heavy atom. The number of amides is 1. The maximum absolute atomic E-state index is 13.1. The average Bonchev–Trinajstić information content (AvgIpc) is 2.31. The van der Waals surface area contributed by atoms with Crippen molar-refractivity contribution >= 4 is 11.6 Å². The molecular formula is C13H19FN2O. The first-order valence-electron chi connectivity index (χ1n) is 5.94. The lowest BCUT2D eigenvalue weighted by atomic mass is 10.1. The number of hydrogen-bond acceptors (Lipinski definition) is 2. The lowest BCUT2D eigenvalue weighted by molar-refractivity contribution is 0.0756. The topological polar surface area (TPSA) is 46.3 Å². The Labute approximate surface area is 101 Å². The molecule has 0 spiro atoms. The summed E-state index contributed by atoms with van der Waals surface area (Å²) in [6.07, 6.45) is 1.75. The minimum Gasteiger partial charge on any atom is -0.398 e. The van der Waals surface area contributed by atoms with Crippen LogP contribution in [0.1, 0.15) is 37.0 Å². The zero-order valence-corrected chi connectivity index (χ0v) is 10.4. The lowest BCUT2D eigenvalue weighted by Gasteiger charge is -2.22. The minimum atomic E-state index is -0.435. The summed E-state index contributed by atoms with van der Waals surface area (Å²) < 4.78 is 13.1. The number of rotatable bonds is 5. The van der Waals surface area contributed by atoms with Crippen LogP contribution >= 0.6 is 0 Å². The molecule has 2 N–H and O–H groups in total. The summed E-state index contributed by atoms with van der Waals surface area (Å²) in [7, 11) is 0. The highest BCUT2D eigenvalue weighted by Gasteiger charge is 2.17. The maximum Gasteiger partial charge on any atom is 0.256 e. The van der Waals surface area contributed by atoms with Crippen molar-refractivity contribution in [3.63, 3.8) is 0 Å². The number of nitrogen functional groups attached to an aromatic ring is 1. The third-order valence-electron chi connectivity index (χ3n) is 2.52. The molecule has 0 aliphatic rings. The first-order valence-corrected chi connectivity index (χ1v) is 5.94. The van der Waals surface area contributed by atoms with Crippen molar-refractivity contribution in [1.82, 2.24) is 4.90 Å². The molecule has 1 amide bonds. The van der Waals surface area contributed by atoms with Crippen LogP contribution in [0.15, 0.2) is 18.2 Å². The van der Waals surface area contributed by atoms with E-state index < -0.39 is 5.82 Å². The largest absolute Gasteiger partial charge is 0.398 e. The van der Waals surface area contributed by atoms with Crippen LogP contribution in [0.3, 0.4) is 0 Å². The summed E-state index contributed by atoms with van der Waals surface area (Å²) in [5, 5.41) is 0. The number of hydrogen-bond donors (Lipinski definition) is 1. The van der Waals surface area contributed by atoms with Crippen molar-refractivity contribution in [3.05, 3.63) is 29.6 Å². The fourth-order valence-corrected chi connectivity index (χ4v) is 1.74. The summed E-state index contributed by atoms with van der Waals surface area (Å²) >= 11 is 0. The van der Waals surface area contributed by atoms with Crippen molar-refractivity contribution in [1.29, 1.82) is 0 Å². The van der Waals surface area contributed by atoms with Gasteiger partial charge in [0.2, 0.25) is 0 Å². The molecule has 0 unspecified atom stereocenters. The molecule has 0 aromatic heterocycles. The van der Waals surface area contributed by atoms with Crippen LogP contribution < -0.4 is 5.73 Å². The SMILES string of the molecule is CCCN(CCC)C(=O)c1cc(F)ccc1N. The molecule has 1 rings (SSSR count). The first-order chi connectivity index (χ1) is 8.10. The van der Waals surface area contributed by atoms with E-state index in [1.165, 1.54) is 18.2 Å². The number of carbonyl (C=O) groups is 1. The monoisotopic (exact) mass is 238 g/mol. The molecule has 0 bridgehead atoms. The Morgan fingerprint density at radius 3 is 2.41 bits per heavy atom. The van der Waals surface area contributed by atoms with Crippen LogP contribution in [0.2, 0.25) is 0 Å². The second-order valence-corrected chi connectivity index (χ2v) is 4.02. The molecule has 0 radical (unpaired) electrons. The van der Waals surface area contributed by atoms with Crippen molar-refractivity contribution in [2.24, 2.45) is 0 Å². The lowest BCUT2D eigenvalue weighted by Crippen LogP contribution is -2.33. The Bertz CT molecular complexity index is 387. The van der Waals surface area contributed by atoms with Crippen molar-refractivity contribution < 1.29 is 9.18 Å². The van der Waals surface area contributed by atoms with Crippen LogP contribution in [0.25, 0.3) is 0 Å². The Morgan fingerprint density at radius 1 is 1.29 bits per heavy atom. The molecular weight excluding hydrogens is 219 g/mol. The van der Waals surface area contributed by atoms with Gasteiger partial charge in [0.15, 0.2) is 0 Å². The highest BCUT2D eigenvalue weighted by atomic mass is 19.1. The second-order valence-electron chi connectivity index (χ2n) is 4.02. The Balaban J connectivity index is 2.95. The van der Waals surface area contributed by atoms with Crippen LogP contribution in [-0.2, 0) is 0 Å². The summed E-state index contributed by atoms with van der Waals surface area (Å²) in [5.74, 6) is -0.624. The molecule has 17 heavy (non-hydrogen) atoms. The summed E-state index contributed by atoms with van der Waals surface area (Å²) in [6, 6.07) is 3.89. The maximum atomic E-state index is 13.1. The molecule has 0 heterocycles. The highest BCUT2D eigenvalue weighted by molar-refractivity contribution is 5.99. The fraction of sp³-hybridized carbons (Fsp3) is 0.462. The van der Waals surface area contributed by atoms with Gasteiger partial charge in [0, 0.05) is 18.8 Å².